The predicted octanol–water partition coefficient (Wildman–Crippen LogP) is 4.71. The average molecular weight is 254 g/mol. The van der Waals surface area contributed by atoms with Gasteiger partial charge in [-0.25, -0.2) is 0 Å². The molecule has 1 aliphatic rings. The fourth-order valence-corrected chi connectivity index (χ4v) is 2.77. The van der Waals surface area contributed by atoms with Crippen molar-refractivity contribution in [2.75, 3.05) is 0 Å². The van der Waals surface area contributed by atoms with Crippen LogP contribution in [0.3, 0.4) is 0 Å². The zero-order valence-corrected chi connectivity index (χ0v) is 12.6. The molecule has 106 valence electrons. The summed E-state index contributed by atoms with van der Waals surface area (Å²) >= 11 is 0. The Morgan fingerprint density at radius 2 is 1.56 bits per heavy atom. The molecule has 18 heavy (non-hydrogen) atoms. The molecule has 1 saturated carbocycles. The van der Waals surface area contributed by atoms with Crippen molar-refractivity contribution in [3.63, 3.8) is 0 Å². The van der Waals surface area contributed by atoms with E-state index in [1.807, 2.05) is 13.8 Å². The van der Waals surface area contributed by atoms with E-state index in [9.17, 15) is 4.79 Å². The van der Waals surface area contributed by atoms with Crippen molar-refractivity contribution in [3.8, 4) is 0 Å². The highest BCUT2D eigenvalue weighted by Crippen LogP contribution is 2.36. The van der Waals surface area contributed by atoms with Crippen molar-refractivity contribution in [1.29, 1.82) is 0 Å². The summed E-state index contributed by atoms with van der Waals surface area (Å²) in [4.78, 5) is 12.1. The van der Waals surface area contributed by atoms with E-state index in [0.717, 1.165) is 19.3 Å². The second kappa shape index (κ2) is 7.16. The number of ether oxygens (including phenoxy) is 1. The van der Waals surface area contributed by atoms with E-state index in [1.165, 1.54) is 32.1 Å². The maximum absolute atomic E-state index is 12.1. The molecule has 2 nitrogen and oxygen atoms in total. The van der Waals surface area contributed by atoms with E-state index in [4.69, 9.17) is 4.74 Å². The minimum absolute atomic E-state index is 0.00627. The summed E-state index contributed by atoms with van der Waals surface area (Å²) in [5, 5.41) is 0. The van der Waals surface area contributed by atoms with Gasteiger partial charge in [0.1, 0.15) is 5.60 Å². The Morgan fingerprint density at radius 1 is 1.06 bits per heavy atom. The van der Waals surface area contributed by atoms with Gasteiger partial charge in [-0.05, 0) is 38.0 Å². The van der Waals surface area contributed by atoms with Crippen LogP contribution in [-0.2, 0) is 9.53 Å². The van der Waals surface area contributed by atoms with Gasteiger partial charge in [0.05, 0.1) is 5.92 Å². The third kappa shape index (κ3) is 4.00. The molecule has 0 amide bonds. The lowest BCUT2D eigenvalue weighted by molar-refractivity contribution is -0.172. The van der Waals surface area contributed by atoms with Crippen LogP contribution in [0.1, 0.15) is 79.1 Å². The van der Waals surface area contributed by atoms with Crippen LogP contribution in [0.5, 0.6) is 0 Å². The minimum Gasteiger partial charge on any atom is -0.459 e. The molecule has 0 aromatic carbocycles. The monoisotopic (exact) mass is 254 g/mol. The molecule has 0 N–H and O–H groups in total. The van der Waals surface area contributed by atoms with Crippen LogP contribution in [0, 0.1) is 11.8 Å². The maximum Gasteiger partial charge on any atom is 0.309 e. The second-order valence-electron chi connectivity index (χ2n) is 6.22. The fourth-order valence-electron chi connectivity index (χ4n) is 2.77. The van der Waals surface area contributed by atoms with Gasteiger partial charge in [0.25, 0.3) is 0 Å². The quantitative estimate of drug-likeness (QED) is 0.679. The van der Waals surface area contributed by atoms with Crippen molar-refractivity contribution in [2.24, 2.45) is 11.8 Å². The molecular weight excluding hydrogens is 224 g/mol. The summed E-state index contributed by atoms with van der Waals surface area (Å²) < 4.78 is 5.99. The number of carbonyl (C=O) groups excluding carboxylic acids is 1. The summed E-state index contributed by atoms with van der Waals surface area (Å²) in [6.45, 7) is 8.42. The largest absolute Gasteiger partial charge is 0.459 e. The number of hydrogen-bond acceptors (Lipinski definition) is 2. The van der Waals surface area contributed by atoms with Gasteiger partial charge in [-0.3, -0.25) is 4.79 Å². The molecule has 0 heterocycles. The molecule has 0 bridgehead atoms. The highest BCUT2D eigenvalue weighted by molar-refractivity contribution is 5.72. The first-order chi connectivity index (χ1) is 8.52. The minimum atomic E-state index is -0.194. The van der Waals surface area contributed by atoms with E-state index < -0.39 is 0 Å². The Hall–Kier alpha value is -0.530. The van der Waals surface area contributed by atoms with Crippen molar-refractivity contribution in [3.05, 3.63) is 0 Å². The lowest BCUT2D eigenvalue weighted by Gasteiger charge is -2.39. The van der Waals surface area contributed by atoms with Crippen molar-refractivity contribution < 1.29 is 9.53 Å². The maximum atomic E-state index is 12.1. The summed E-state index contributed by atoms with van der Waals surface area (Å²) in [5.74, 6) is 0.460. The molecule has 0 aromatic heterocycles. The zero-order valence-electron chi connectivity index (χ0n) is 12.6. The Labute approximate surface area is 112 Å². The van der Waals surface area contributed by atoms with Crippen LogP contribution in [0.15, 0.2) is 0 Å². The Bertz CT molecular complexity index is 250. The summed E-state index contributed by atoms with van der Waals surface area (Å²) in [7, 11) is 0. The van der Waals surface area contributed by atoms with Gasteiger partial charge in [-0.1, -0.05) is 47.0 Å². The van der Waals surface area contributed by atoms with E-state index in [0.29, 0.717) is 5.92 Å². The highest BCUT2D eigenvalue weighted by atomic mass is 16.6. The molecule has 1 rings (SSSR count). The number of rotatable bonds is 4. The zero-order chi connectivity index (χ0) is 13.6. The molecule has 0 aliphatic heterocycles. The van der Waals surface area contributed by atoms with Gasteiger partial charge in [0.2, 0.25) is 0 Å². The summed E-state index contributed by atoms with van der Waals surface area (Å²) in [6.07, 6.45) is 9.28. The first-order valence-corrected chi connectivity index (χ1v) is 7.74. The number of carbonyl (C=O) groups is 1. The molecule has 1 unspecified atom stereocenters. The van der Waals surface area contributed by atoms with Gasteiger partial charge in [0.15, 0.2) is 0 Å². The van der Waals surface area contributed by atoms with E-state index >= 15 is 0 Å². The van der Waals surface area contributed by atoms with Crippen LogP contribution < -0.4 is 0 Å². The summed E-state index contributed by atoms with van der Waals surface area (Å²) in [5.41, 5.74) is -0.194. The first kappa shape index (κ1) is 15.5. The Kier molecular flexibility index (Phi) is 6.17. The molecule has 0 aromatic rings. The first-order valence-electron chi connectivity index (χ1n) is 7.74. The van der Waals surface area contributed by atoms with E-state index in [2.05, 4.69) is 13.8 Å². The van der Waals surface area contributed by atoms with E-state index in [-0.39, 0.29) is 17.5 Å². The molecule has 1 fully saturated rings. The van der Waals surface area contributed by atoms with Crippen LogP contribution in [0.25, 0.3) is 0 Å². The van der Waals surface area contributed by atoms with Crippen molar-refractivity contribution in [2.45, 2.75) is 84.7 Å². The van der Waals surface area contributed by atoms with Crippen molar-refractivity contribution in [1.82, 2.24) is 0 Å². The number of hydrogen-bond donors (Lipinski definition) is 0. The van der Waals surface area contributed by atoms with Gasteiger partial charge in [-0.2, -0.15) is 0 Å². The molecule has 1 aliphatic carbocycles. The highest BCUT2D eigenvalue weighted by Gasteiger charge is 2.38. The fraction of sp³-hybridized carbons (Fsp3) is 0.938. The van der Waals surface area contributed by atoms with E-state index in [1.54, 1.807) is 0 Å². The Morgan fingerprint density at radius 3 is 2.00 bits per heavy atom. The third-order valence-corrected chi connectivity index (χ3v) is 4.57. The Balaban J connectivity index is 2.74. The lowest BCUT2D eigenvalue weighted by atomic mass is 9.79. The standard InChI is InChI=1S/C16H30O2/c1-5-14(4)15(17)18-16(13(2)3)11-9-7-6-8-10-12-16/h13-14H,5-12H2,1-4H3. The van der Waals surface area contributed by atoms with Crippen molar-refractivity contribution >= 4 is 5.97 Å². The molecule has 0 spiro atoms. The van der Waals surface area contributed by atoms with Gasteiger partial charge in [-0.15, -0.1) is 0 Å². The normalized spacial score (nSPS) is 22.1. The summed E-state index contributed by atoms with van der Waals surface area (Å²) in [6, 6.07) is 0. The SMILES string of the molecule is CCC(C)C(=O)OC1(C(C)C)CCCCCCC1. The van der Waals surface area contributed by atoms with Crippen LogP contribution in [-0.4, -0.2) is 11.6 Å². The predicted molar refractivity (Wildman–Crippen MR) is 75.4 cm³/mol. The average Bonchev–Trinajstić information content (AvgIpc) is 2.31. The van der Waals surface area contributed by atoms with Crippen LogP contribution in [0.4, 0.5) is 0 Å². The van der Waals surface area contributed by atoms with Crippen LogP contribution in [0.2, 0.25) is 0 Å². The molecule has 2 heteroatoms. The third-order valence-electron chi connectivity index (χ3n) is 4.57. The topological polar surface area (TPSA) is 26.3 Å². The molecule has 0 radical (unpaired) electrons. The lowest BCUT2D eigenvalue weighted by Crippen LogP contribution is -2.42. The smallest absolute Gasteiger partial charge is 0.309 e. The molecule has 1 atom stereocenters. The molecule has 0 saturated heterocycles. The second-order valence-corrected chi connectivity index (χ2v) is 6.22. The van der Waals surface area contributed by atoms with Crippen LogP contribution >= 0.6 is 0 Å². The van der Waals surface area contributed by atoms with Gasteiger partial charge in [0, 0.05) is 0 Å². The van der Waals surface area contributed by atoms with Gasteiger partial charge >= 0.3 is 5.97 Å². The molecular formula is C16H30O2. The van der Waals surface area contributed by atoms with Gasteiger partial charge < -0.3 is 4.74 Å². The number of esters is 1.